The number of likely N-dealkylation sites (N-methyl/N-ethyl adjacent to an activating group) is 1. The van der Waals surface area contributed by atoms with Crippen LogP contribution in [-0.2, 0) is 26.2 Å². The minimum absolute atomic E-state index is 0.0267. The molecule has 0 bridgehead atoms. The maximum absolute atomic E-state index is 13.3. The summed E-state index contributed by atoms with van der Waals surface area (Å²) in [6.07, 6.45) is -9.85. The Balaban J connectivity index is 0.779. The number of rotatable bonds is 31. The van der Waals surface area contributed by atoms with Crippen LogP contribution in [0.4, 0.5) is 39.5 Å². The van der Waals surface area contributed by atoms with Gasteiger partial charge in [-0.15, -0.1) is 0 Å². The van der Waals surface area contributed by atoms with Crippen molar-refractivity contribution < 1.29 is 73.0 Å². The zero-order chi connectivity index (χ0) is 59.4. The number of halogens is 9. The highest BCUT2D eigenvalue weighted by Gasteiger charge is 2.85. The van der Waals surface area contributed by atoms with E-state index in [0.717, 1.165) is 123 Å². The van der Waals surface area contributed by atoms with Crippen LogP contribution in [0.15, 0.2) is 97.1 Å². The molecular weight excluding hydrogens is 1120 g/mol. The van der Waals surface area contributed by atoms with E-state index in [1.165, 1.54) is 11.1 Å². The molecular formula is C63H82F9NO7S2. The summed E-state index contributed by atoms with van der Waals surface area (Å²) in [4.78, 5) is 2.31. The molecule has 19 heteroatoms. The molecule has 1 N–H and O–H groups in total. The molecule has 3 aliphatic carbocycles. The fourth-order valence-corrected chi connectivity index (χ4v) is 15.4. The lowest BCUT2D eigenvalue weighted by Crippen LogP contribution is -2.67. The quantitative estimate of drug-likeness (QED) is 0.0228. The Kier molecular flexibility index (Phi) is 22.9. The van der Waals surface area contributed by atoms with Crippen molar-refractivity contribution in [2.45, 2.75) is 151 Å². The first kappa shape index (κ1) is 65.7. The van der Waals surface area contributed by atoms with Gasteiger partial charge >= 0.3 is 24.1 Å². The summed E-state index contributed by atoms with van der Waals surface area (Å²) < 4.78 is 154. The monoisotopic (exact) mass is 1200 g/mol. The molecule has 0 saturated heterocycles. The standard InChI is InChI=1S/C63H82F9NO7S2/c1-57(2,82-81-40-13-8-7-10-15-44(42-74)43-80-59(46-16-11-9-12-17-46,47-19-23-49(75-5)24-20-47)48-21-25-50(76-6)26-22-48)34-35-73(4)36-39-77-51-27-29-52-45(41-51)18-28-54-53(52)32-33-58(3)55(54)30-31-56(58)78-37-14-38-79-60(61(64,65)66,62(67,68)69)63(70,71)72/h9,11-12,16-17,19-27,29,41,44,53-56,74H,7-8,10,13-15,18,28,30-40,42-43H2,1-6H3/t44?,53-,54-,55+,56+,58+/m1/s1. The van der Waals surface area contributed by atoms with Gasteiger partial charge in [0.2, 0.25) is 0 Å². The first-order valence-electron chi connectivity index (χ1n) is 28.7. The van der Waals surface area contributed by atoms with Crippen molar-refractivity contribution in [3.05, 3.63) is 125 Å². The number of alkyl halides is 9. The second-order valence-electron chi connectivity index (χ2n) is 23.3. The van der Waals surface area contributed by atoms with Gasteiger partial charge in [-0.05, 0) is 179 Å². The van der Waals surface area contributed by atoms with E-state index in [0.29, 0.717) is 31.5 Å². The van der Waals surface area contributed by atoms with E-state index in [1.54, 1.807) is 14.2 Å². The number of aliphatic hydroxyl groups is 1. The number of aryl methyl sites for hydroxylation is 1. The average Bonchev–Trinajstić information content (AvgIpc) is 2.29. The van der Waals surface area contributed by atoms with Crippen molar-refractivity contribution >= 4 is 21.6 Å². The molecule has 82 heavy (non-hydrogen) atoms. The molecule has 8 nitrogen and oxygen atoms in total. The molecule has 0 aromatic heterocycles. The van der Waals surface area contributed by atoms with Crippen LogP contribution >= 0.6 is 21.6 Å². The van der Waals surface area contributed by atoms with Gasteiger partial charge in [-0.1, -0.05) is 108 Å². The van der Waals surface area contributed by atoms with Gasteiger partial charge in [-0.2, -0.15) is 39.5 Å². The second kappa shape index (κ2) is 28.6. The molecule has 2 saturated carbocycles. The van der Waals surface area contributed by atoms with Gasteiger partial charge in [0.05, 0.1) is 33.5 Å². The number of ether oxygens (including phenoxy) is 6. The minimum Gasteiger partial charge on any atom is -0.497 e. The zero-order valence-electron chi connectivity index (χ0n) is 48.0. The molecule has 7 rings (SSSR count). The molecule has 0 heterocycles. The number of hydrogen-bond acceptors (Lipinski definition) is 10. The highest BCUT2D eigenvalue weighted by molar-refractivity contribution is 8.77. The van der Waals surface area contributed by atoms with Crippen molar-refractivity contribution in [1.82, 2.24) is 4.90 Å². The van der Waals surface area contributed by atoms with E-state index in [4.69, 9.17) is 23.7 Å². The van der Waals surface area contributed by atoms with Crippen molar-refractivity contribution in [2.24, 2.45) is 23.2 Å². The summed E-state index contributed by atoms with van der Waals surface area (Å²) in [5.74, 6) is 4.40. The Morgan fingerprint density at radius 3 is 1.89 bits per heavy atom. The Bertz CT molecular complexity index is 2490. The molecule has 1 unspecified atom stereocenters. The molecule has 0 amide bonds. The van der Waals surface area contributed by atoms with Crippen molar-refractivity contribution in [3.63, 3.8) is 0 Å². The molecule has 4 aromatic carbocycles. The molecule has 2 fully saturated rings. The third kappa shape index (κ3) is 15.4. The van der Waals surface area contributed by atoms with Gasteiger partial charge in [-0.3, -0.25) is 0 Å². The average molecular weight is 1200 g/mol. The first-order chi connectivity index (χ1) is 38.9. The lowest BCUT2D eigenvalue weighted by molar-refractivity contribution is -0.457. The molecule has 0 aliphatic heterocycles. The van der Waals surface area contributed by atoms with Crippen LogP contribution in [0.25, 0.3) is 0 Å². The largest absolute Gasteiger partial charge is 0.497 e. The molecule has 0 radical (unpaired) electrons. The molecule has 6 atom stereocenters. The van der Waals surface area contributed by atoms with Gasteiger partial charge < -0.3 is 38.4 Å². The molecule has 0 spiro atoms. The van der Waals surface area contributed by atoms with E-state index in [-0.39, 0.29) is 41.3 Å². The number of aliphatic hydroxyl groups excluding tert-OH is 1. The summed E-state index contributed by atoms with van der Waals surface area (Å²) in [6, 6.07) is 32.6. The Labute approximate surface area is 486 Å². The van der Waals surface area contributed by atoms with E-state index in [9.17, 15) is 44.6 Å². The lowest BCUT2D eigenvalue weighted by Gasteiger charge is -2.50. The maximum atomic E-state index is 13.3. The van der Waals surface area contributed by atoms with Crippen LogP contribution in [0.1, 0.15) is 132 Å². The smallest absolute Gasteiger partial charge is 0.435 e. The summed E-state index contributed by atoms with van der Waals surface area (Å²) in [5.41, 5.74) is -1.97. The Morgan fingerprint density at radius 1 is 0.671 bits per heavy atom. The van der Waals surface area contributed by atoms with Gasteiger partial charge in [0.1, 0.15) is 29.5 Å². The minimum atomic E-state index is -6.75. The SMILES string of the molecule is COc1ccc(C(OCC(CO)CCCCCCSSC(C)(C)CCN(C)CCOc2ccc3c(c2)CC[C@@H]2[C@@H]3CC[C@]3(C)[C@@H](OCCCOC(C(F)(F)F)(C(F)(F)F)C(F)(F)F)CC[C@@H]23)(c2ccccc2)c2ccc(OC)cc2)cc1. The van der Waals surface area contributed by atoms with Crippen LogP contribution in [-0.4, -0.2) is 118 Å². The maximum Gasteiger partial charge on any atom is 0.435 e. The second-order valence-corrected chi connectivity index (χ2v) is 26.4. The van der Waals surface area contributed by atoms with Crippen LogP contribution < -0.4 is 14.2 Å². The summed E-state index contributed by atoms with van der Waals surface area (Å²) >= 11 is 0. The van der Waals surface area contributed by atoms with Gasteiger partial charge in [0, 0.05) is 36.2 Å². The Morgan fingerprint density at radius 2 is 1.28 bits per heavy atom. The summed E-state index contributed by atoms with van der Waals surface area (Å²) in [7, 11) is 9.33. The fraction of sp³-hybridized carbons (Fsp3) is 0.619. The van der Waals surface area contributed by atoms with Crippen LogP contribution in [0.5, 0.6) is 17.2 Å². The molecule has 3 aliphatic rings. The van der Waals surface area contributed by atoms with Crippen LogP contribution in [0, 0.1) is 23.2 Å². The summed E-state index contributed by atoms with van der Waals surface area (Å²) in [5, 5.41) is 10.6. The van der Waals surface area contributed by atoms with E-state index in [2.05, 4.69) is 61.7 Å². The molecule has 4 aromatic rings. The lowest BCUT2D eigenvalue weighted by atomic mass is 9.55. The van der Waals surface area contributed by atoms with Crippen LogP contribution in [0.2, 0.25) is 0 Å². The van der Waals surface area contributed by atoms with Crippen LogP contribution in [0.3, 0.4) is 0 Å². The predicted molar refractivity (Wildman–Crippen MR) is 306 cm³/mol. The van der Waals surface area contributed by atoms with E-state index in [1.807, 2.05) is 94.4 Å². The van der Waals surface area contributed by atoms with E-state index >= 15 is 0 Å². The number of methoxy groups -OCH3 is 2. The predicted octanol–water partition coefficient (Wildman–Crippen LogP) is 16.2. The normalized spacial score (nSPS) is 21.0. The molecule has 456 valence electrons. The van der Waals surface area contributed by atoms with Crippen molar-refractivity contribution in [2.75, 3.05) is 73.1 Å². The van der Waals surface area contributed by atoms with Gasteiger partial charge in [0.15, 0.2) is 0 Å². The fourth-order valence-electron chi connectivity index (χ4n) is 12.7. The number of nitrogens with zero attached hydrogens (tertiary/aromatic N) is 1. The zero-order valence-corrected chi connectivity index (χ0v) is 49.7. The van der Waals surface area contributed by atoms with Crippen molar-refractivity contribution in [3.8, 4) is 17.2 Å². The summed E-state index contributed by atoms with van der Waals surface area (Å²) in [6.45, 7) is 7.67. The van der Waals surface area contributed by atoms with Gasteiger partial charge in [0.25, 0.3) is 0 Å². The topological polar surface area (TPSA) is 78.9 Å². The number of benzene rings is 4. The number of hydrogen-bond donors (Lipinski definition) is 1. The first-order valence-corrected chi connectivity index (χ1v) is 31.0. The number of unbranched alkanes of at least 4 members (excludes halogenated alkanes) is 3. The third-order valence-electron chi connectivity index (χ3n) is 17.4. The van der Waals surface area contributed by atoms with E-state index < -0.39 is 42.8 Å². The van der Waals surface area contributed by atoms with Crippen molar-refractivity contribution in [1.29, 1.82) is 0 Å². The highest BCUT2D eigenvalue weighted by atomic mass is 33.1. The number of fused-ring (bicyclic) bond motifs is 5. The van der Waals surface area contributed by atoms with Gasteiger partial charge in [-0.25, -0.2) is 0 Å². The Hall–Kier alpha value is -3.85. The third-order valence-corrected chi connectivity index (χ3v) is 20.8. The highest BCUT2D eigenvalue weighted by Crippen LogP contribution is 2.62.